The molecule has 2 aromatic rings. The summed E-state index contributed by atoms with van der Waals surface area (Å²) in [6.07, 6.45) is 3.18. The van der Waals surface area contributed by atoms with Gasteiger partial charge in [-0.2, -0.15) is 0 Å². The molecule has 17 heavy (non-hydrogen) atoms. The number of hydrogen-bond donors (Lipinski definition) is 1. The average Bonchev–Trinajstić information content (AvgIpc) is 2.86. The first-order chi connectivity index (χ1) is 8.26. The van der Waals surface area contributed by atoms with Crippen LogP contribution in [0.3, 0.4) is 0 Å². The van der Waals surface area contributed by atoms with Crippen LogP contribution >= 0.6 is 23.1 Å². The van der Waals surface area contributed by atoms with Crippen molar-refractivity contribution in [3.63, 3.8) is 0 Å². The molecule has 1 aromatic heterocycles. The Hall–Kier alpha value is -0.770. The molecule has 0 fully saturated rings. The van der Waals surface area contributed by atoms with Crippen molar-refractivity contribution in [1.82, 2.24) is 0 Å². The molecule has 0 aliphatic heterocycles. The fraction of sp³-hybridized carbons (Fsp3) is 0.286. The van der Waals surface area contributed by atoms with Gasteiger partial charge in [0.25, 0.3) is 0 Å². The van der Waals surface area contributed by atoms with E-state index in [4.69, 9.17) is 5.73 Å². The van der Waals surface area contributed by atoms with E-state index in [-0.39, 0.29) is 6.04 Å². The molecule has 0 radical (unpaired) electrons. The second kappa shape index (κ2) is 5.71. The Labute approximate surface area is 111 Å². The van der Waals surface area contributed by atoms with E-state index in [1.54, 1.807) is 11.8 Å². The summed E-state index contributed by atoms with van der Waals surface area (Å²) in [5.74, 6) is 0. The van der Waals surface area contributed by atoms with Gasteiger partial charge < -0.3 is 5.73 Å². The highest BCUT2D eigenvalue weighted by atomic mass is 32.2. The van der Waals surface area contributed by atoms with Gasteiger partial charge in [-0.15, -0.1) is 23.1 Å². The smallest absolute Gasteiger partial charge is 0.0657 e. The minimum absolute atomic E-state index is 0.00366. The molecule has 3 heteroatoms. The maximum absolute atomic E-state index is 6.36. The molecule has 2 rings (SSSR count). The topological polar surface area (TPSA) is 26.0 Å². The lowest BCUT2D eigenvalue weighted by Gasteiger charge is -2.13. The first-order valence-electron chi connectivity index (χ1n) is 5.73. The zero-order chi connectivity index (χ0) is 12.3. The molecular formula is C14H17NS2. The minimum Gasteiger partial charge on any atom is -0.320 e. The summed E-state index contributed by atoms with van der Waals surface area (Å²) in [6, 6.07) is 12.7. The number of rotatable bonds is 4. The number of aryl methyl sites for hydroxylation is 1. The molecule has 0 saturated heterocycles. The van der Waals surface area contributed by atoms with Gasteiger partial charge in [-0.05, 0) is 36.4 Å². The summed E-state index contributed by atoms with van der Waals surface area (Å²) in [5, 5.41) is 0. The molecule has 1 heterocycles. The number of benzene rings is 1. The number of thioether (sulfide) groups is 1. The van der Waals surface area contributed by atoms with Crippen LogP contribution in [0.4, 0.5) is 0 Å². The van der Waals surface area contributed by atoms with Crippen LogP contribution in [0.2, 0.25) is 0 Å². The third-order valence-electron chi connectivity index (χ3n) is 2.81. The molecule has 90 valence electrons. The SMILES string of the molecule is CCc1ccc(C(N)c2ccccc2SC)s1. The zero-order valence-electron chi connectivity index (χ0n) is 10.1. The molecule has 2 N–H and O–H groups in total. The lowest BCUT2D eigenvalue weighted by Crippen LogP contribution is -2.11. The number of hydrogen-bond acceptors (Lipinski definition) is 3. The fourth-order valence-electron chi connectivity index (χ4n) is 1.83. The van der Waals surface area contributed by atoms with Crippen molar-refractivity contribution in [3.05, 3.63) is 51.7 Å². The van der Waals surface area contributed by atoms with Crippen LogP contribution in [0.25, 0.3) is 0 Å². The Morgan fingerprint density at radius 1 is 1.24 bits per heavy atom. The second-order valence-electron chi connectivity index (χ2n) is 3.88. The van der Waals surface area contributed by atoms with Crippen molar-refractivity contribution >= 4 is 23.1 Å². The molecule has 1 unspecified atom stereocenters. The minimum atomic E-state index is 0.00366. The van der Waals surface area contributed by atoms with Gasteiger partial charge in [-0.1, -0.05) is 25.1 Å². The fourth-order valence-corrected chi connectivity index (χ4v) is 3.45. The van der Waals surface area contributed by atoms with Gasteiger partial charge in [0.2, 0.25) is 0 Å². The Morgan fingerprint density at radius 3 is 2.65 bits per heavy atom. The van der Waals surface area contributed by atoms with Gasteiger partial charge in [0, 0.05) is 14.6 Å². The van der Waals surface area contributed by atoms with Crippen LogP contribution in [0.5, 0.6) is 0 Å². The highest BCUT2D eigenvalue weighted by Gasteiger charge is 2.14. The summed E-state index contributed by atoms with van der Waals surface area (Å²) in [7, 11) is 0. The maximum Gasteiger partial charge on any atom is 0.0657 e. The van der Waals surface area contributed by atoms with E-state index in [0.717, 1.165) is 6.42 Å². The molecule has 1 atom stereocenters. The quantitative estimate of drug-likeness (QED) is 0.841. The normalized spacial score (nSPS) is 12.6. The van der Waals surface area contributed by atoms with Gasteiger partial charge in [0.05, 0.1) is 6.04 Å². The van der Waals surface area contributed by atoms with Crippen molar-refractivity contribution in [2.45, 2.75) is 24.3 Å². The summed E-state index contributed by atoms with van der Waals surface area (Å²) in [5.41, 5.74) is 7.58. The third-order valence-corrected chi connectivity index (χ3v) is 4.94. The zero-order valence-corrected chi connectivity index (χ0v) is 11.8. The molecule has 0 aliphatic carbocycles. The van der Waals surface area contributed by atoms with E-state index >= 15 is 0 Å². The number of nitrogens with two attached hydrogens (primary N) is 1. The van der Waals surface area contributed by atoms with Gasteiger partial charge >= 0.3 is 0 Å². The summed E-state index contributed by atoms with van der Waals surface area (Å²) < 4.78 is 0. The molecule has 0 saturated carbocycles. The largest absolute Gasteiger partial charge is 0.320 e. The van der Waals surface area contributed by atoms with E-state index in [1.807, 2.05) is 11.3 Å². The standard InChI is InChI=1S/C14H17NS2/c1-3-10-8-9-13(17-10)14(15)11-6-4-5-7-12(11)16-2/h4-9,14H,3,15H2,1-2H3. The van der Waals surface area contributed by atoms with Crippen molar-refractivity contribution in [2.24, 2.45) is 5.73 Å². The Morgan fingerprint density at radius 2 is 2.00 bits per heavy atom. The highest BCUT2D eigenvalue weighted by molar-refractivity contribution is 7.98. The first-order valence-corrected chi connectivity index (χ1v) is 7.77. The number of thiophene rings is 1. The predicted octanol–water partition coefficient (Wildman–Crippen LogP) is 4.08. The van der Waals surface area contributed by atoms with Crippen molar-refractivity contribution in [3.8, 4) is 0 Å². The first kappa shape index (κ1) is 12.7. The van der Waals surface area contributed by atoms with Gasteiger partial charge in [0.1, 0.15) is 0 Å². The highest BCUT2D eigenvalue weighted by Crippen LogP contribution is 2.32. The predicted molar refractivity (Wildman–Crippen MR) is 78.0 cm³/mol. The second-order valence-corrected chi connectivity index (χ2v) is 5.93. The van der Waals surface area contributed by atoms with E-state index in [9.17, 15) is 0 Å². The average molecular weight is 263 g/mol. The molecular weight excluding hydrogens is 246 g/mol. The van der Waals surface area contributed by atoms with Crippen LogP contribution < -0.4 is 5.73 Å². The summed E-state index contributed by atoms with van der Waals surface area (Å²) in [4.78, 5) is 3.92. The Balaban J connectivity index is 2.32. The van der Waals surface area contributed by atoms with Crippen LogP contribution in [0, 0.1) is 0 Å². The van der Waals surface area contributed by atoms with Crippen LogP contribution in [0.15, 0.2) is 41.3 Å². The van der Waals surface area contributed by atoms with E-state index in [1.165, 1.54) is 20.2 Å². The lowest BCUT2D eigenvalue weighted by atomic mass is 10.1. The van der Waals surface area contributed by atoms with E-state index in [2.05, 4.69) is 49.6 Å². The maximum atomic E-state index is 6.36. The molecule has 0 aliphatic rings. The van der Waals surface area contributed by atoms with Gasteiger partial charge in [-0.3, -0.25) is 0 Å². The lowest BCUT2D eigenvalue weighted by molar-refractivity contribution is 0.868. The summed E-state index contributed by atoms with van der Waals surface area (Å²) >= 11 is 3.58. The van der Waals surface area contributed by atoms with Crippen LogP contribution in [-0.2, 0) is 6.42 Å². The molecule has 0 amide bonds. The summed E-state index contributed by atoms with van der Waals surface area (Å²) in [6.45, 7) is 2.18. The van der Waals surface area contributed by atoms with E-state index in [0.29, 0.717) is 0 Å². The molecule has 1 aromatic carbocycles. The van der Waals surface area contributed by atoms with E-state index < -0.39 is 0 Å². The van der Waals surface area contributed by atoms with Gasteiger partial charge in [-0.25, -0.2) is 0 Å². The molecule has 0 bridgehead atoms. The molecule has 1 nitrogen and oxygen atoms in total. The monoisotopic (exact) mass is 263 g/mol. The Kier molecular flexibility index (Phi) is 4.26. The van der Waals surface area contributed by atoms with Crippen molar-refractivity contribution in [1.29, 1.82) is 0 Å². The van der Waals surface area contributed by atoms with Crippen LogP contribution in [0.1, 0.15) is 28.3 Å². The Bertz CT molecular complexity index is 490. The van der Waals surface area contributed by atoms with Gasteiger partial charge in [0.15, 0.2) is 0 Å². The van der Waals surface area contributed by atoms with Crippen molar-refractivity contribution < 1.29 is 0 Å². The molecule has 0 spiro atoms. The van der Waals surface area contributed by atoms with Crippen molar-refractivity contribution in [2.75, 3.05) is 6.26 Å². The third kappa shape index (κ3) is 2.73. The van der Waals surface area contributed by atoms with Crippen LogP contribution in [-0.4, -0.2) is 6.26 Å².